The lowest BCUT2D eigenvalue weighted by atomic mass is 9.49. The van der Waals surface area contributed by atoms with Crippen LogP contribution in [0.1, 0.15) is 69.7 Å². The maximum absolute atomic E-state index is 13.2. The van der Waals surface area contributed by atoms with Crippen LogP contribution >= 0.6 is 0 Å². The van der Waals surface area contributed by atoms with Crippen LogP contribution < -0.4 is 10.6 Å². The number of amides is 2. The molecule has 0 saturated heterocycles. The van der Waals surface area contributed by atoms with Gasteiger partial charge >= 0.3 is 5.97 Å². The minimum absolute atomic E-state index is 0.0528. The minimum Gasteiger partial charge on any atom is -0.461 e. The van der Waals surface area contributed by atoms with Crippen molar-refractivity contribution in [3.8, 4) is 0 Å². The second-order valence-electron chi connectivity index (χ2n) is 10.6. The SMILES string of the molecule is CCN(CC)CCOC(=O)c1ccc(NC(=O)[C@@H](C)NC(=O)C23CC4CC(CC(C4)C2)C3)cc1. The van der Waals surface area contributed by atoms with Gasteiger partial charge in [-0.25, -0.2) is 4.79 Å². The molecule has 1 atom stereocenters. The van der Waals surface area contributed by atoms with Crippen molar-refractivity contribution in [1.29, 1.82) is 0 Å². The Morgan fingerprint density at radius 2 is 1.56 bits per heavy atom. The maximum atomic E-state index is 13.2. The smallest absolute Gasteiger partial charge is 0.338 e. The first kappa shape index (κ1) is 24.7. The highest BCUT2D eigenvalue weighted by molar-refractivity contribution is 5.98. The molecular weight excluding hydrogens is 430 g/mol. The molecule has 186 valence electrons. The first-order valence-corrected chi connectivity index (χ1v) is 12.9. The average Bonchev–Trinajstić information content (AvgIpc) is 2.81. The van der Waals surface area contributed by atoms with Crippen LogP contribution in [-0.2, 0) is 14.3 Å². The Kier molecular flexibility index (Phi) is 7.60. The monoisotopic (exact) mass is 469 g/mol. The van der Waals surface area contributed by atoms with E-state index in [2.05, 4.69) is 29.4 Å². The molecule has 7 heteroatoms. The van der Waals surface area contributed by atoms with E-state index in [0.29, 0.717) is 42.2 Å². The summed E-state index contributed by atoms with van der Waals surface area (Å²) in [6.45, 7) is 8.78. The summed E-state index contributed by atoms with van der Waals surface area (Å²) in [5, 5.41) is 5.85. The zero-order valence-corrected chi connectivity index (χ0v) is 20.8. The summed E-state index contributed by atoms with van der Waals surface area (Å²) in [7, 11) is 0. The van der Waals surface area contributed by atoms with Crippen molar-refractivity contribution in [2.24, 2.45) is 23.2 Å². The molecule has 0 unspecified atom stereocenters. The van der Waals surface area contributed by atoms with Gasteiger partial charge in [0.25, 0.3) is 0 Å². The Balaban J connectivity index is 1.25. The number of carbonyl (C=O) groups excluding carboxylic acids is 3. The molecule has 0 radical (unpaired) electrons. The number of rotatable bonds is 10. The Hall–Kier alpha value is -2.41. The molecule has 4 fully saturated rings. The van der Waals surface area contributed by atoms with Crippen LogP contribution in [0.4, 0.5) is 5.69 Å². The average molecular weight is 470 g/mol. The Labute approximate surface area is 203 Å². The number of esters is 1. The van der Waals surface area contributed by atoms with Gasteiger partial charge in [-0.2, -0.15) is 0 Å². The molecule has 0 aliphatic heterocycles. The Morgan fingerprint density at radius 1 is 1.00 bits per heavy atom. The highest BCUT2D eigenvalue weighted by atomic mass is 16.5. The lowest BCUT2D eigenvalue weighted by molar-refractivity contribution is -0.147. The number of ether oxygens (including phenoxy) is 1. The summed E-state index contributed by atoms with van der Waals surface area (Å²) < 4.78 is 5.35. The predicted molar refractivity (Wildman–Crippen MR) is 131 cm³/mol. The molecule has 34 heavy (non-hydrogen) atoms. The summed E-state index contributed by atoms with van der Waals surface area (Å²) in [4.78, 5) is 40.4. The molecule has 0 spiro atoms. The Morgan fingerprint density at radius 3 is 2.09 bits per heavy atom. The van der Waals surface area contributed by atoms with E-state index in [4.69, 9.17) is 4.74 Å². The fourth-order valence-electron chi connectivity index (χ4n) is 6.63. The zero-order chi connectivity index (χ0) is 24.3. The largest absolute Gasteiger partial charge is 0.461 e. The van der Waals surface area contributed by atoms with E-state index in [9.17, 15) is 14.4 Å². The molecule has 7 nitrogen and oxygen atoms in total. The summed E-state index contributed by atoms with van der Waals surface area (Å²) in [6, 6.07) is 6.05. The van der Waals surface area contributed by atoms with Gasteiger partial charge in [0.15, 0.2) is 0 Å². The molecule has 5 rings (SSSR count). The number of anilines is 1. The summed E-state index contributed by atoms with van der Waals surface area (Å²) in [5.41, 5.74) is 0.762. The van der Waals surface area contributed by atoms with Crippen molar-refractivity contribution < 1.29 is 19.1 Å². The number of hydrogen-bond donors (Lipinski definition) is 2. The minimum atomic E-state index is -0.620. The number of nitrogens with zero attached hydrogens (tertiary/aromatic N) is 1. The number of nitrogens with one attached hydrogen (secondary N) is 2. The third-order valence-corrected chi connectivity index (χ3v) is 8.18. The first-order valence-electron chi connectivity index (χ1n) is 12.9. The standard InChI is InChI=1S/C27H39N3O4/c1-4-30(5-2)10-11-34-25(32)22-6-8-23(9-7-22)29-24(31)18(3)28-26(33)27-15-19-12-20(16-27)14-21(13-19)17-27/h6-9,18-21H,4-5,10-17H2,1-3H3,(H,28,33)(H,29,31)/t18-,19?,20?,21?,27?/m1/s1. The number of carbonyl (C=O) groups is 3. The van der Waals surface area contributed by atoms with Crippen molar-refractivity contribution in [2.75, 3.05) is 31.6 Å². The van der Waals surface area contributed by atoms with Crippen LogP contribution in [0.5, 0.6) is 0 Å². The predicted octanol–water partition coefficient (Wildman–Crippen LogP) is 3.84. The first-order chi connectivity index (χ1) is 16.3. The van der Waals surface area contributed by atoms with E-state index in [1.54, 1.807) is 31.2 Å². The zero-order valence-electron chi connectivity index (χ0n) is 20.8. The molecule has 2 amide bonds. The third-order valence-electron chi connectivity index (χ3n) is 8.18. The van der Waals surface area contributed by atoms with E-state index in [1.807, 2.05) is 0 Å². The van der Waals surface area contributed by atoms with Crippen LogP contribution in [0, 0.1) is 23.2 Å². The maximum Gasteiger partial charge on any atom is 0.338 e. The van der Waals surface area contributed by atoms with Gasteiger partial charge in [-0.15, -0.1) is 0 Å². The van der Waals surface area contributed by atoms with Gasteiger partial charge in [-0.3, -0.25) is 9.59 Å². The van der Waals surface area contributed by atoms with Gasteiger partial charge in [0.2, 0.25) is 11.8 Å². The quantitative estimate of drug-likeness (QED) is 0.508. The summed E-state index contributed by atoms with van der Waals surface area (Å²) >= 11 is 0. The molecule has 2 N–H and O–H groups in total. The highest BCUT2D eigenvalue weighted by Crippen LogP contribution is 2.60. The summed E-state index contributed by atoms with van der Waals surface area (Å²) in [5.74, 6) is 1.47. The van der Waals surface area contributed by atoms with Crippen LogP contribution in [0.15, 0.2) is 24.3 Å². The number of likely N-dealkylation sites (N-methyl/N-ethyl adjacent to an activating group) is 1. The molecule has 1 aromatic rings. The van der Waals surface area contributed by atoms with Gasteiger partial charge in [-0.05, 0) is 101 Å². The van der Waals surface area contributed by atoms with Gasteiger partial charge in [-0.1, -0.05) is 13.8 Å². The number of benzene rings is 1. The topological polar surface area (TPSA) is 87.7 Å². The second-order valence-corrected chi connectivity index (χ2v) is 10.6. The summed E-state index contributed by atoms with van der Waals surface area (Å²) in [6.07, 6.45) is 6.77. The fourth-order valence-corrected chi connectivity index (χ4v) is 6.63. The van der Waals surface area contributed by atoms with Crippen LogP contribution in [0.3, 0.4) is 0 Å². The van der Waals surface area contributed by atoms with Gasteiger partial charge in [0.1, 0.15) is 12.6 Å². The van der Waals surface area contributed by atoms with Crippen LogP contribution in [-0.4, -0.2) is 55.0 Å². The van der Waals surface area contributed by atoms with Gasteiger partial charge in [0, 0.05) is 17.6 Å². The Bertz CT molecular complexity index is 858. The molecule has 0 heterocycles. The fraction of sp³-hybridized carbons (Fsp3) is 0.667. The van der Waals surface area contributed by atoms with Gasteiger partial charge in [0.05, 0.1) is 5.56 Å². The van der Waals surface area contributed by atoms with E-state index < -0.39 is 6.04 Å². The van der Waals surface area contributed by atoms with E-state index in [0.717, 1.165) is 32.4 Å². The third kappa shape index (κ3) is 5.45. The normalized spacial score (nSPS) is 27.9. The van der Waals surface area contributed by atoms with Crippen molar-refractivity contribution in [1.82, 2.24) is 10.2 Å². The van der Waals surface area contributed by atoms with Crippen molar-refractivity contribution in [2.45, 2.75) is 65.3 Å². The lowest BCUT2D eigenvalue weighted by Crippen LogP contribution is -2.56. The van der Waals surface area contributed by atoms with Crippen molar-refractivity contribution in [3.63, 3.8) is 0 Å². The van der Waals surface area contributed by atoms with Crippen molar-refractivity contribution in [3.05, 3.63) is 29.8 Å². The van der Waals surface area contributed by atoms with E-state index in [1.165, 1.54) is 19.3 Å². The van der Waals surface area contributed by atoms with Gasteiger partial charge < -0.3 is 20.3 Å². The van der Waals surface area contributed by atoms with Crippen LogP contribution in [0.2, 0.25) is 0 Å². The molecular formula is C27H39N3O4. The molecule has 0 aromatic heterocycles. The van der Waals surface area contributed by atoms with E-state index >= 15 is 0 Å². The molecule has 4 aliphatic carbocycles. The molecule has 4 saturated carbocycles. The number of hydrogen-bond acceptors (Lipinski definition) is 5. The molecule has 4 aliphatic rings. The lowest BCUT2D eigenvalue weighted by Gasteiger charge is -2.55. The highest BCUT2D eigenvalue weighted by Gasteiger charge is 2.54. The van der Waals surface area contributed by atoms with E-state index in [-0.39, 0.29) is 23.2 Å². The van der Waals surface area contributed by atoms with Crippen molar-refractivity contribution >= 4 is 23.5 Å². The second kappa shape index (κ2) is 10.5. The van der Waals surface area contributed by atoms with Crippen LogP contribution in [0.25, 0.3) is 0 Å². The molecule has 1 aromatic carbocycles. The molecule has 4 bridgehead atoms.